The smallest absolute Gasteiger partial charge is 0.387 e. The molecule has 4 nitrogen and oxygen atoms in total. The lowest BCUT2D eigenvalue weighted by molar-refractivity contribution is -0.140. The number of nitrogens with zero attached hydrogens (tertiary/aromatic N) is 2. The molecule has 1 amide bonds. The van der Waals surface area contributed by atoms with Gasteiger partial charge in [-0.05, 0) is 24.1 Å². The Morgan fingerprint density at radius 1 is 1.26 bits per heavy atom. The van der Waals surface area contributed by atoms with Gasteiger partial charge in [0.25, 0.3) is 0 Å². The highest BCUT2D eigenvalue weighted by molar-refractivity contribution is 5.82. The molecule has 23 heavy (non-hydrogen) atoms. The van der Waals surface area contributed by atoms with Crippen LogP contribution in [0.1, 0.15) is 31.7 Å². The molecule has 0 aromatic heterocycles. The van der Waals surface area contributed by atoms with Crippen LogP contribution in [0.2, 0.25) is 0 Å². The molecule has 1 aromatic rings. The van der Waals surface area contributed by atoms with Crippen molar-refractivity contribution in [2.45, 2.75) is 45.4 Å². The summed E-state index contributed by atoms with van der Waals surface area (Å²) in [5.74, 6) is 0.322. The molecule has 0 N–H and O–H groups in total. The van der Waals surface area contributed by atoms with Crippen molar-refractivity contribution in [3.63, 3.8) is 0 Å². The number of unbranched alkanes of at least 4 members (excludes halogenated alkanes) is 1. The minimum absolute atomic E-state index is 0.0920. The summed E-state index contributed by atoms with van der Waals surface area (Å²) in [5.41, 5.74) is 0.991. The third kappa shape index (κ3) is 4.89. The standard InChI is InChI=1S/C17H24F2N2O2/c1-3-4-5-15-16(22)20(2)10-11-21(15)12-13-6-8-14(9-7-13)23-17(18)19/h6-9,15,17H,3-5,10-12H2,1-2H3/t15-/m0/s1. The highest BCUT2D eigenvalue weighted by Crippen LogP contribution is 2.21. The van der Waals surface area contributed by atoms with Crippen LogP contribution >= 0.6 is 0 Å². The van der Waals surface area contributed by atoms with Crippen LogP contribution in [0, 0.1) is 0 Å². The van der Waals surface area contributed by atoms with Gasteiger partial charge in [0.05, 0.1) is 6.04 Å². The monoisotopic (exact) mass is 326 g/mol. The van der Waals surface area contributed by atoms with E-state index < -0.39 is 6.61 Å². The van der Waals surface area contributed by atoms with Gasteiger partial charge in [0.2, 0.25) is 5.91 Å². The van der Waals surface area contributed by atoms with Crippen molar-refractivity contribution in [2.24, 2.45) is 0 Å². The zero-order valence-electron chi connectivity index (χ0n) is 13.7. The Hall–Kier alpha value is -1.69. The molecule has 0 spiro atoms. The van der Waals surface area contributed by atoms with Gasteiger partial charge in [0.15, 0.2) is 0 Å². The van der Waals surface area contributed by atoms with Gasteiger partial charge in [-0.2, -0.15) is 8.78 Å². The van der Waals surface area contributed by atoms with Crippen LogP contribution in [0.3, 0.4) is 0 Å². The molecule has 6 heteroatoms. The summed E-state index contributed by atoms with van der Waals surface area (Å²) in [5, 5.41) is 0. The zero-order chi connectivity index (χ0) is 16.8. The topological polar surface area (TPSA) is 32.8 Å². The Labute approximate surface area is 136 Å². The second-order valence-corrected chi connectivity index (χ2v) is 5.91. The van der Waals surface area contributed by atoms with E-state index in [9.17, 15) is 13.6 Å². The Morgan fingerprint density at radius 2 is 1.96 bits per heavy atom. The molecule has 2 rings (SSSR count). The SMILES string of the molecule is CCCC[C@H]1C(=O)N(C)CCN1Cc1ccc(OC(F)F)cc1. The number of ether oxygens (including phenoxy) is 1. The maximum atomic E-state index is 12.4. The second-order valence-electron chi connectivity index (χ2n) is 5.91. The van der Waals surface area contributed by atoms with Crippen molar-refractivity contribution in [3.05, 3.63) is 29.8 Å². The average molecular weight is 326 g/mol. The van der Waals surface area contributed by atoms with Crippen molar-refractivity contribution >= 4 is 5.91 Å². The van der Waals surface area contributed by atoms with E-state index in [0.717, 1.165) is 31.4 Å². The molecule has 1 atom stereocenters. The van der Waals surface area contributed by atoms with E-state index in [0.29, 0.717) is 13.1 Å². The summed E-state index contributed by atoms with van der Waals surface area (Å²) < 4.78 is 28.7. The molecule has 0 radical (unpaired) electrons. The van der Waals surface area contributed by atoms with Gasteiger partial charge in [0.1, 0.15) is 5.75 Å². The van der Waals surface area contributed by atoms with Gasteiger partial charge < -0.3 is 9.64 Å². The first-order valence-electron chi connectivity index (χ1n) is 8.04. The molecule has 128 valence electrons. The Bertz CT molecular complexity index is 508. The van der Waals surface area contributed by atoms with Crippen molar-refractivity contribution in [1.82, 2.24) is 9.80 Å². The van der Waals surface area contributed by atoms with Crippen LogP contribution in [0.4, 0.5) is 8.78 Å². The molecule has 1 aliphatic rings. The number of alkyl halides is 2. The third-order valence-electron chi connectivity index (χ3n) is 4.19. The van der Waals surface area contributed by atoms with E-state index >= 15 is 0 Å². The molecule has 1 fully saturated rings. The van der Waals surface area contributed by atoms with Gasteiger partial charge in [-0.25, -0.2) is 0 Å². The number of piperazine rings is 1. The molecule has 1 aliphatic heterocycles. The van der Waals surface area contributed by atoms with Crippen molar-refractivity contribution in [2.75, 3.05) is 20.1 Å². The fraction of sp³-hybridized carbons (Fsp3) is 0.588. The lowest BCUT2D eigenvalue weighted by atomic mass is 10.0. The molecule has 0 aliphatic carbocycles. The first-order valence-corrected chi connectivity index (χ1v) is 8.04. The molecule has 1 aromatic carbocycles. The molecule has 0 saturated carbocycles. The van der Waals surface area contributed by atoms with E-state index in [1.54, 1.807) is 29.2 Å². The van der Waals surface area contributed by atoms with E-state index in [1.807, 2.05) is 7.05 Å². The number of benzene rings is 1. The molecular formula is C17H24F2N2O2. The maximum Gasteiger partial charge on any atom is 0.387 e. The number of likely N-dealkylation sites (N-methyl/N-ethyl adjacent to an activating group) is 1. The highest BCUT2D eigenvalue weighted by Gasteiger charge is 2.32. The Kier molecular flexibility index (Phi) is 6.33. The predicted molar refractivity (Wildman–Crippen MR) is 84.4 cm³/mol. The molecule has 0 unspecified atom stereocenters. The lowest BCUT2D eigenvalue weighted by Gasteiger charge is -2.39. The largest absolute Gasteiger partial charge is 0.435 e. The number of halogens is 2. The van der Waals surface area contributed by atoms with Crippen LogP contribution in [0.15, 0.2) is 24.3 Å². The average Bonchev–Trinajstić information content (AvgIpc) is 2.52. The fourth-order valence-electron chi connectivity index (χ4n) is 2.86. The molecule has 1 heterocycles. The van der Waals surface area contributed by atoms with Crippen LogP contribution < -0.4 is 4.74 Å². The summed E-state index contributed by atoms with van der Waals surface area (Å²) >= 11 is 0. The summed E-state index contributed by atoms with van der Waals surface area (Å²) in [7, 11) is 1.84. The van der Waals surface area contributed by atoms with Gasteiger partial charge in [-0.1, -0.05) is 31.9 Å². The van der Waals surface area contributed by atoms with Crippen molar-refractivity contribution < 1.29 is 18.3 Å². The van der Waals surface area contributed by atoms with Crippen LogP contribution in [-0.4, -0.2) is 48.5 Å². The summed E-state index contributed by atoms with van der Waals surface area (Å²) in [6.07, 6.45) is 2.93. The summed E-state index contributed by atoms with van der Waals surface area (Å²) in [6.45, 7) is 1.49. The number of carbonyl (C=O) groups is 1. The van der Waals surface area contributed by atoms with Gasteiger partial charge in [-0.15, -0.1) is 0 Å². The van der Waals surface area contributed by atoms with Crippen LogP contribution in [0.5, 0.6) is 5.75 Å². The first-order chi connectivity index (χ1) is 11.0. The van der Waals surface area contributed by atoms with E-state index in [2.05, 4.69) is 16.6 Å². The van der Waals surface area contributed by atoms with Crippen LogP contribution in [-0.2, 0) is 11.3 Å². The summed E-state index contributed by atoms with van der Waals surface area (Å²) in [4.78, 5) is 16.4. The van der Waals surface area contributed by atoms with Gasteiger partial charge in [-0.3, -0.25) is 9.69 Å². The number of carbonyl (C=O) groups excluding carboxylic acids is 1. The minimum Gasteiger partial charge on any atom is -0.435 e. The van der Waals surface area contributed by atoms with Gasteiger partial charge in [0, 0.05) is 26.7 Å². The number of rotatable bonds is 7. The van der Waals surface area contributed by atoms with Gasteiger partial charge >= 0.3 is 6.61 Å². The van der Waals surface area contributed by atoms with Crippen molar-refractivity contribution in [1.29, 1.82) is 0 Å². The third-order valence-corrected chi connectivity index (χ3v) is 4.19. The zero-order valence-corrected chi connectivity index (χ0v) is 13.7. The van der Waals surface area contributed by atoms with Crippen LogP contribution in [0.25, 0.3) is 0 Å². The highest BCUT2D eigenvalue weighted by atomic mass is 19.3. The fourth-order valence-corrected chi connectivity index (χ4v) is 2.86. The normalized spacial score (nSPS) is 19.4. The first kappa shape index (κ1) is 17.7. The quantitative estimate of drug-likeness (QED) is 0.772. The van der Waals surface area contributed by atoms with E-state index in [4.69, 9.17) is 0 Å². The Morgan fingerprint density at radius 3 is 2.57 bits per heavy atom. The summed E-state index contributed by atoms with van der Waals surface area (Å²) in [6, 6.07) is 6.54. The number of hydrogen-bond acceptors (Lipinski definition) is 3. The van der Waals surface area contributed by atoms with E-state index in [1.165, 1.54) is 0 Å². The molecule has 1 saturated heterocycles. The lowest BCUT2D eigenvalue weighted by Crippen LogP contribution is -2.55. The van der Waals surface area contributed by atoms with Crippen molar-refractivity contribution in [3.8, 4) is 5.75 Å². The second kappa shape index (κ2) is 8.24. The number of amides is 1. The predicted octanol–water partition coefficient (Wildman–Crippen LogP) is 3.12. The number of hydrogen-bond donors (Lipinski definition) is 0. The minimum atomic E-state index is -2.81. The Balaban J connectivity index is 2.02. The maximum absolute atomic E-state index is 12.4. The van der Waals surface area contributed by atoms with E-state index in [-0.39, 0.29) is 17.7 Å². The molecule has 0 bridgehead atoms. The molecular weight excluding hydrogens is 302 g/mol.